The van der Waals surface area contributed by atoms with Crippen molar-refractivity contribution in [3.8, 4) is 16.9 Å². The summed E-state index contributed by atoms with van der Waals surface area (Å²) >= 11 is 0. The molecule has 4 heteroatoms. The topological polar surface area (TPSA) is 30.7 Å². The van der Waals surface area contributed by atoms with Crippen molar-refractivity contribution in [2.45, 2.75) is 27.7 Å². The highest BCUT2D eigenvalue weighted by molar-refractivity contribution is 6.08. The van der Waals surface area contributed by atoms with Crippen LogP contribution in [-0.2, 0) is 0 Å². The minimum Gasteiger partial charge on any atom is -0.255 e. The molecule has 0 aliphatic rings. The normalized spacial score (nSPS) is 11.5. The Balaban J connectivity index is 1.90. The predicted molar refractivity (Wildman–Crippen MR) is 121 cm³/mol. The molecule has 2 heterocycles. The lowest BCUT2D eigenvalue weighted by Crippen LogP contribution is -1.99. The fourth-order valence-electron chi connectivity index (χ4n) is 3.90. The number of rotatable bonds is 2. The van der Waals surface area contributed by atoms with Crippen molar-refractivity contribution in [2.75, 3.05) is 0 Å². The van der Waals surface area contributed by atoms with Crippen LogP contribution >= 0.6 is 0 Å². The average molecular weight is 395 g/mol. The van der Waals surface area contributed by atoms with E-state index in [9.17, 15) is 4.39 Å². The minimum atomic E-state index is -0.280. The summed E-state index contributed by atoms with van der Waals surface area (Å²) in [7, 11) is 0. The van der Waals surface area contributed by atoms with Crippen LogP contribution in [0.15, 0.2) is 60.8 Å². The molecule has 3 nitrogen and oxygen atoms in total. The van der Waals surface area contributed by atoms with Crippen molar-refractivity contribution in [1.29, 1.82) is 0 Å². The van der Waals surface area contributed by atoms with Gasteiger partial charge in [-0.15, -0.1) is 0 Å². The Morgan fingerprint density at radius 1 is 0.733 bits per heavy atom. The lowest BCUT2D eigenvalue weighted by molar-refractivity contribution is 0.629. The number of pyridine rings is 1. The van der Waals surface area contributed by atoms with Gasteiger partial charge >= 0.3 is 0 Å². The van der Waals surface area contributed by atoms with E-state index in [0.717, 1.165) is 38.8 Å². The summed E-state index contributed by atoms with van der Waals surface area (Å²) < 4.78 is 16.1. The highest BCUT2D eigenvalue weighted by Crippen LogP contribution is 2.34. The molecular weight excluding hydrogens is 373 g/mol. The standard InChI is InChI=1S/C26H22FN3/c1-15-5-7-19(11-17(15)3)25-23-14-28-24-10-8-20(27)13-22(24)26(23)30(29-25)21-9-6-16(2)18(4)12-21/h5-14H,1-4H3. The second kappa shape index (κ2) is 6.77. The molecular formula is C26H22FN3. The van der Waals surface area contributed by atoms with Crippen LogP contribution in [0.5, 0.6) is 0 Å². The lowest BCUT2D eigenvalue weighted by Gasteiger charge is -2.08. The maximum Gasteiger partial charge on any atom is 0.124 e. The van der Waals surface area contributed by atoms with E-state index in [0.29, 0.717) is 0 Å². The number of hydrogen-bond acceptors (Lipinski definition) is 2. The van der Waals surface area contributed by atoms with Gasteiger partial charge in [0.25, 0.3) is 0 Å². The fraction of sp³-hybridized carbons (Fsp3) is 0.154. The van der Waals surface area contributed by atoms with Crippen molar-refractivity contribution >= 4 is 21.8 Å². The summed E-state index contributed by atoms with van der Waals surface area (Å²) in [5.74, 6) is -0.280. The van der Waals surface area contributed by atoms with Crippen molar-refractivity contribution in [1.82, 2.24) is 14.8 Å². The van der Waals surface area contributed by atoms with E-state index in [4.69, 9.17) is 5.10 Å². The number of aryl methyl sites for hydroxylation is 4. The van der Waals surface area contributed by atoms with E-state index < -0.39 is 0 Å². The zero-order valence-corrected chi connectivity index (χ0v) is 17.5. The molecule has 0 amide bonds. The van der Waals surface area contributed by atoms with Gasteiger partial charge in [0.1, 0.15) is 11.5 Å². The summed E-state index contributed by atoms with van der Waals surface area (Å²) in [4.78, 5) is 4.60. The Labute approximate surface area is 174 Å². The van der Waals surface area contributed by atoms with E-state index in [2.05, 4.69) is 69.1 Å². The van der Waals surface area contributed by atoms with Crippen LogP contribution < -0.4 is 0 Å². The van der Waals surface area contributed by atoms with Crippen LogP contribution in [-0.4, -0.2) is 14.8 Å². The lowest BCUT2D eigenvalue weighted by atomic mass is 10.0. The molecule has 0 fully saturated rings. The summed E-state index contributed by atoms with van der Waals surface area (Å²) in [6.07, 6.45) is 1.85. The first-order chi connectivity index (χ1) is 14.4. The van der Waals surface area contributed by atoms with E-state index in [-0.39, 0.29) is 5.82 Å². The first kappa shape index (κ1) is 18.5. The number of nitrogens with zero attached hydrogens (tertiary/aromatic N) is 3. The number of halogens is 1. The van der Waals surface area contributed by atoms with Gasteiger partial charge in [-0.2, -0.15) is 5.10 Å². The van der Waals surface area contributed by atoms with Gasteiger partial charge in [-0.1, -0.05) is 18.2 Å². The van der Waals surface area contributed by atoms with Crippen LogP contribution in [0.2, 0.25) is 0 Å². The Kier molecular flexibility index (Phi) is 4.17. The zero-order chi connectivity index (χ0) is 21.0. The smallest absolute Gasteiger partial charge is 0.124 e. The van der Waals surface area contributed by atoms with E-state index >= 15 is 0 Å². The van der Waals surface area contributed by atoms with Gasteiger partial charge < -0.3 is 0 Å². The van der Waals surface area contributed by atoms with Crippen LogP contribution in [0.3, 0.4) is 0 Å². The number of hydrogen-bond donors (Lipinski definition) is 0. The summed E-state index contributed by atoms with van der Waals surface area (Å²) in [5.41, 5.74) is 9.32. The molecule has 0 aliphatic carbocycles. The summed E-state index contributed by atoms with van der Waals surface area (Å²) in [5, 5.41) is 6.67. The third-order valence-corrected chi connectivity index (χ3v) is 5.98. The number of benzene rings is 3. The van der Waals surface area contributed by atoms with E-state index in [1.165, 1.54) is 28.3 Å². The Bertz CT molecular complexity index is 1450. The molecule has 2 aromatic heterocycles. The van der Waals surface area contributed by atoms with Gasteiger partial charge in [0, 0.05) is 22.5 Å². The summed E-state index contributed by atoms with van der Waals surface area (Å²) in [6.45, 7) is 8.39. The van der Waals surface area contributed by atoms with Crippen molar-refractivity contribution in [3.63, 3.8) is 0 Å². The maximum absolute atomic E-state index is 14.2. The van der Waals surface area contributed by atoms with Crippen LogP contribution in [0.25, 0.3) is 38.8 Å². The van der Waals surface area contributed by atoms with Crippen molar-refractivity contribution < 1.29 is 4.39 Å². The molecule has 0 atom stereocenters. The molecule has 0 bridgehead atoms. The average Bonchev–Trinajstić information content (AvgIpc) is 3.12. The monoisotopic (exact) mass is 395 g/mol. The van der Waals surface area contributed by atoms with E-state index in [1.54, 1.807) is 12.1 Å². The fourth-order valence-corrected chi connectivity index (χ4v) is 3.90. The minimum absolute atomic E-state index is 0.280. The SMILES string of the molecule is Cc1ccc(-c2nn(-c3ccc(C)c(C)c3)c3c2cnc2ccc(F)cc23)cc1C. The Morgan fingerprint density at radius 2 is 1.47 bits per heavy atom. The van der Waals surface area contributed by atoms with Gasteiger partial charge in [0.05, 0.1) is 16.7 Å². The number of aromatic nitrogens is 3. The Morgan fingerprint density at radius 3 is 2.20 bits per heavy atom. The van der Waals surface area contributed by atoms with Crippen LogP contribution in [0, 0.1) is 33.5 Å². The molecule has 0 N–H and O–H groups in total. The molecule has 0 saturated heterocycles. The molecule has 148 valence electrons. The maximum atomic E-state index is 14.2. The van der Waals surface area contributed by atoms with Gasteiger partial charge in [0.15, 0.2) is 0 Å². The molecule has 0 saturated carbocycles. The number of fused-ring (bicyclic) bond motifs is 3. The highest BCUT2D eigenvalue weighted by Gasteiger charge is 2.18. The first-order valence-electron chi connectivity index (χ1n) is 10.0. The van der Waals surface area contributed by atoms with Crippen molar-refractivity contribution in [3.05, 3.63) is 88.9 Å². The summed E-state index contributed by atoms with van der Waals surface area (Å²) in [6, 6.07) is 17.3. The first-order valence-corrected chi connectivity index (χ1v) is 10.0. The van der Waals surface area contributed by atoms with Gasteiger partial charge in [-0.25, -0.2) is 9.07 Å². The zero-order valence-electron chi connectivity index (χ0n) is 17.5. The van der Waals surface area contributed by atoms with Crippen molar-refractivity contribution in [2.24, 2.45) is 0 Å². The molecule has 3 aromatic carbocycles. The molecule has 0 radical (unpaired) electrons. The second-order valence-electron chi connectivity index (χ2n) is 8.01. The van der Waals surface area contributed by atoms with E-state index in [1.807, 2.05) is 10.9 Å². The van der Waals surface area contributed by atoms with Gasteiger partial charge in [-0.3, -0.25) is 4.98 Å². The molecule has 5 aromatic rings. The quantitative estimate of drug-likeness (QED) is 0.336. The molecule has 0 unspecified atom stereocenters. The third kappa shape index (κ3) is 2.88. The van der Waals surface area contributed by atoms with Gasteiger partial charge in [-0.05, 0) is 86.3 Å². The molecule has 5 rings (SSSR count). The largest absolute Gasteiger partial charge is 0.255 e. The van der Waals surface area contributed by atoms with Crippen LogP contribution in [0.1, 0.15) is 22.3 Å². The molecule has 0 aliphatic heterocycles. The van der Waals surface area contributed by atoms with Crippen LogP contribution in [0.4, 0.5) is 4.39 Å². The Hall–Kier alpha value is -3.53. The third-order valence-electron chi connectivity index (χ3n) is 5.98. The molecule has 30 heavy (non-hydrogen) atoms. The molecule has 0 spiro atoms. The van der Waals surface area contributed by atoms with Gasteiger partial charge in [0.2, 0.25) is 0 Å². The second-order valence-corrected chi connectivity index (χ2v) is 8.01. The highest BCUT2D eigenvalue weighted by atomic mass is 19.1. The predicted octanol–water partition coefficient (Wildman–Crippen LogP) is 6.61.